The van der Waals surface area contributed by atoms with Crippen LogP contribution in [0.5, 0.6) is 0 Å². The van der Waals surface area contributed by atoms with E-state index >= 15 is 0 Å². The zero-order valence-electron chi connectivity index (χ0n) is 13.7. The van der Waals surface area contributed by atoms with Crippen molar-refractivity contribution in [3.05, 3.63) is 0 Å². The van der Waals surface area contributed by atoms with Crippen molar-refractivity contribution in [3.8, 4) is 0 Å². The van der Waals surface area contributed by atoms with E-state index in [0.717, 1.165) is 12.3 Å². The lowest BCUT2D eigenvalue weighted by Gasteiger charge is -2.31. The molecule has 0 radical (unpaired) electrons. The third kappa shape index (κ3) is 10.7. The van der Waals surface area contributed by atoms with Crippen LogP contribution in [-0.2, 0) is 0 Å². The molecule has 0 aliphatic carbocycles. The van der Waals surface area contributed by atoms with Gasteiger partial charge in [-0.05, 0) is 54.9 Å². The highest BCUT2D eigenvalue weighted by Crippen LogP contribution is 2.34. The van der Waals surface area contributed by atoms with Gasteiger partial charge in [0.1, 0.15) is 0 Å². The summed E-state index contributed by atoms with van der Waals surface area (Å²) in [6, 6.07) is 0. The van der Waals surface area contributed by atoms with Crippen molar-refractivity contribution in [3.63, 3.8) is 0 Å². The van der Waals surface area contributed by atoms with Crippen molar-refractivity contribution in [1.82, 2.24) is 0 Å². The second-order valence-electron chi connectivity index (χ2n) is 6.53. The molecule has 1 nitrogen and oxygen atoms in total. The molecule has 1 unspecified atom stereocenters. The molecule has 0 amide bonds. The largest absolute Gasteiger partial charge is 0.396 e. The first-order valence-corrected chi connectivity index (χ1v) is 9.38. The number of unbranched alkanes of at least 4 members (excludes halogenated alkanes) is 3. The second kappa shape index (κ2) is 12.1. The fraction of sp³-hybridized carbons (Fsp3) is 1.00. The molecular weight excluding hydrogens is 252 g/mol. The Kier molecular flexibility index (Phi) is 12.3. The predicted molar refractivity (Wildman–Crippen MR) is 90.0 cm³/mol. The van der Waals surface area contributed by atoms with Crippen molar-refractivity contribution >= 4 is 11.8 Å². The summed E-state index contributed by atoms with van der Waals surface area (Å²) in [6.07, 6.45) is 10.2. The molecule has 0 fully saturated rings. The first-order chi connectivity index (χ1) is 9.04. The molecule has 0 bridgehead atoms. The maximum atomic E-state index is 8.69. The van der Waals surface area contributed by atoms with Crippen LogP contribution in [0.15, 0.2) is 0 Å². The quantitative estimate of drug-likeness (QED) is 0.451. The maximum Gasteiger partial charge on any atom is 0.0431 e. The van der Waals surface area contributed by atoms with E-state index in [9.17, 15) is 0 Å². The van der Waals surface area contributed by atoms with Crippen LogP contribution in [0, 0.1) is 11.3 Å². The van der Waals surface area contributed by atoms with E-state index in [1.165, 1.54) is 56.5 Å². The normalized spacial score (nSPS) is 13.7. The molecule has 0 aromatic rings. The van der Waals surface area contributed by atoms with Gasteiger partial charge in [-0.2, -0.15) is 11.8 Å². The zero-order valence-corrected chi connectivity index (χ0v) is 14.5. The summed E-state index contributed by atoms with van der Waals surface area (Å²) in [5.41, 5.74) is 0.518. The van der Waals surface area contributed by atoms with E-state index in [1.54, 1.807) is 0 Å². The number of aliphatic hydroxyl groups is 1. The van der Waals surface area contributed by atoms with Crippen LogP contribution in [-0.4, -0.2) is 23.2 Å². The van der Waals surface area contributed by atoms with E-state index in [1.807, 2.05) is 0 Å². The van der Waals surface area contributed by atoms with Crippen molar-refractivity contribution in [2.75, 3.05) is 18.1 Å². The van der Waals surface area contributed by atoms with Gasteiger partial charge in [-0.3, -0.25) is 0 Å². The molecule has 1 N–H and O–H groups in total. The van der Waals surface area contributed by atoms with Gasteiger partial charge in [-0.15, -0.1) is 0 Å². The number of rotatable bonds is 13. The molecule has 0 heterocycles. The monoisotopic (exact) mass is 288 g/mol. The average Bonchev–Trinajstić information content (AvgIpc) is 2.36. The minimum atomic E-state index is 0.360. The lowest BCUT2D eigenvalue weighted by molar-refractivity contribution is 0.198. The highest BCUT2D eigenvalue weighted by atomic mass is 32.2. The molecule has 0 aliphatic heterocycles. The van der Waals surface area contributed by atoms with Crippen LogP contribution in [0.2, 0.25) is 0 Å². The summed E-state index contributed by atoms with van der Waals surface area (Å²) < 4.78 is 0. The van der Waals surface area contributed by atoms with Crippen LogP contribution < -0.4 is 0 Å². The molecular formula is C17H36OS. The summed E-state index contributed by atoms with van der Waals surface area (Å²) in [5, 5.41) is 8.69. The van der Waals surface area contributed by atoms with E-state index in [0.29, 0.717) is 12.0 Å². The van der Waals surface area contributed by atoms with Gasteiger partial charge in [0.25, 0.3) is 0 Å². The third-order valence-electron chi connectivity index (χ3n) is 4.35. The Morgan fingerprint density at radius 1 is 1.00 bits per heavy atom. The standard InChI is InChI=1S/C17H36OS/c1-5-12-17(3,4)16(2)11-10-15-19-14-9-7-6-8-13-18/h16,18H,5-15H2,1-4H3. The first kappa shape index (κ1) is 19.3. The fourth-order valence-electron chi connectivity index (χ4n) is 2.54. The number of thioether (sulfide) groups is 1. The summed E-state index contributed by atoms with van der Waals surface area (Å²) in [6.45, 7) is 9.93. The zero-order chi connectivity index (χ0) is 14.6. The van der Waals surface area contributed by atoms with Gasteiger partial charge in [0.05, 0.1) is 0 Å². The third-order valence-corrected chi connectivity index (χ3v) is 5.51. The molecule has 19 heavy (non-hydrogen) atoms. The Hall–Kier alpha value is 0.310. The summed E-state index contributed by atoms with van der Waals surface area (Å²) in [4.78, 5) is 0. The molecule has 2 heteroatoms. The molecule has 0 saturated carbocycles. The van der Waals surface area contributed by atoms with E-state index < -0.39 is 0 Å². The fourth-order valence-corrected chi connectivity index (χ4v) is 3.53. The van der Waals surface area contributed by atoms with E-state index in [4.69, 9.17) is 5.11 Å². The highest BCUT2D eigenvalue weighted by molar-refractivity contribution is 7.99. The maximum absolute atomic E-state index is 8.69. The Labute approximate surface area is 125 Å². The molecule has 1 atom stereocenters. The minimum absolute atomic E-state index is 0.360. The topological polar surface area (TPSA) is 20.2 Å². The van der Waals surface area contributed by atoms with Gasteiger partial charge < -0.3 is 5.11 Å². The number of hydrogen-bond acceptors (Lipinski definition) is 2. The molecule has 0 rings (SSSR count). The number of aliphatic hydroxyl groups excluding tert-OH is 1. The van der Waals surface area contributed by atoms with Crippen LogP contribution in [0.25, 0.3) is 0 Å². The Morgan fingerprint density at radius 3 is 2.26 bits per heavy atom. The molecule has 0 spiro atoms. The van der Waals surface area contributed by atoms with Crippen molar-refractivity contribution in [2.45, 2.75) is 79.1 Å². The van der Waals surface area contributed by atoms with E-state index in [2.05, 4.69) is 39.5 Å². The summed E-state index contributed by atoms with van der Waals surface area (Å²) in [5.74, 6) is 3.47. The van der Waals surface area contributed by atoms with Crippen LogP contribution >= 0.6 is 11.8 Å². The van der Waals surface area contributed by atoms with E-state index in [-0.39, 0.29) is 0 Å². The summed E-state index contributed by atoms with van der Waals surface area (Å²) in [7, 11) is 0. The van der Waals surface area contributed by atoms with Crippen LogP contribution in [0.1, 0.15) is 79.1 Å². The lowest BCUT2D eigenvalue weighted by atomic mass is 9.74. The molecule has 0 aliphatic rings. The molecule has 0 aromatic carbocycles. The van der Waals surface area contributed by atoms with Crippen molar-refractivity contribution < 1.29 is 5.11 Å². The lowest BCUT2D eigenvalue weighted by Crippen LogP contribution is -2.21. The molecule has 0 aromatic heterocycles. The average molecular weight is 289 g/mol. The van der Waals surface area contributed by atoms with Crippen LogP contribution in [0.4, 0.5) is 0 Å². The first-order valence-electron chi connectivity index (χ1n) is 8.23. The van der Waals surface area contributed by atoms with Gasteiger partial charge >= 0.3 is 0 Å². The van der Waals surface area contributed by atoms with Gasteiger partial charge in [-0.25, -0.2) is 0 Å². The Bertz CT molecular complexity index is 192. The Balaban J connectivity index is 3.39. The second-order valence-corrected chi connectivity index (χ2v) is 7.76. The minimum Gasteiger partial charge on any atom is -0.396 e. The van der Waals surface area contributed by atoms with Crippen LogP contribution in [0.3, 0.4) is 0 Å². The Morgan fingerprint density at radius 2 is 1.63 bits per heavy atom. The van der Waals surface area contributed by atoms with Crippen molar-refractivity contribution in [1.29, 1.82) is 0 Å². The molecule has 116 valence electrons. The smallest absolute Gasteiger partial charge is 0.0431 e. The SMILES string of the molecule is CCCC(C)(C)C(C)CCCSCCCCCCO. The van der Waals surface area contributed by atoms with Gasteiger partial charge in [-0.1, -0.05) is 47.0 Å². The highest BCUT2D eigenvalue weighted by Gasteiger charge is 2.23. The predicted octanol–water partition coefficient (Wildman–Crippen LogP) is 5.51. The summed E-state index contributed by atoms with van der Waals surface area (Å²) >= 11 is 2.11. The van der Waals surface area contributed by atoms with Gasteiger partial charge in [0.2, 0.25) is 0 Å². The van der Waals surface area contributed by atoms with Crippen molar-refractivity contribution in [2.24, 2.45) is 11.3 Å². The van der Waals surface area contributed by atoms with Gasteiger partial charge in [0.15, 0.2) is 0 Å². The number of hydrogen-bond donors (Lipinski definition) is 1. The van der Waals surface area contributed by atoms with Gasteiger partial charge in [0, 0.05) is 6.61 Å². The molecule has 0 saturated heterocycles.